The van der Waals surface area contributed by atoms with E-state index in [1.165, 1.54) is 18.4 Å². The van der Waals surface area contributed by atoms with E-state index >= 15 is 0 Å². The van der Waals surface area contributed by atoms with Gasteiger partial charge in [0.25, 0.3) is 0 Å². The molecule has 0 unspecified atom stereocenters. The van der Waals surface area contributed by atoms with Crippen molar-refractivity contribution in [3.63, 3.8) is 0 Å². The number of carbonyl (C=O) groups excluding carboxylic acids is 2. The molecule has 0 radical (unpaired) electrons. The number of carbonyl (C=O) groups is 3. The number of methoxy groups -OCH3 is 1. The van der Waals surface area contributed by atoms with E-state index in [0.29, 0.717) is 10.6 Å². The average molecular weight is 426 g/mol. The molecule has 30 heavy (non-hydrogen) atoms. The maximum atomic E-state index is 13.2. The van der Waals surface area contributed by atoms with Crippen molar-refractivity contribution in [3.8, 4) is 11.1 Å². The Morgan fingerprint density at radius 1 is 1.07 bits per heavy atom. The highest BCUT2D eigenvalue weighted by molar-refractivity contribution is 7.17. The first-order valence-corrected chi connectivity index (χ1v) is 10.7. The lowest BCUT2D eigenvalue weighted by Crippen LogP contribution is -2.47. The van der Waals surface area contributed by atoms with Crippen LogP contribution in [0.2, 0.25) is 0 Å². The van der Waals surface area contributed by atoms with E-state index in [-0.39, 0.29) is 17.7 Å². The van der Waals surface area contributed by atoms with Gasteiger partial charge in [0.15, 0.2) is 0 Å². The second kappa shape index (κ2) is 8.07. The van der Waals surface area contributed by atoms with Gasteiger partial charge in [-0.3, -0.25) is 9.59 Å². The summed E-state index contributed by atoms with van der Waals surface area (Å²) < 4.78 is 5.00. The molecule has 4 atom stereocenters. The molecule has 2 aromatic rings. The zero-order chi connectivity index (χ0) is 21.4. The summed E-state index contributed by atoms with van der Waals surface area (Å²) in [5.74, 6) is -3.47. The normalized spacial score (nSPS) is 24.5. The lowest BCUT2D eigenvalue weighted by molar-refractivity contribution is -0.151. The summed E-state index contributed by atoms with van der Waals surface area (Å²) in [6.45, 7) is 1.89. The Balaban J connectivity index is 1.71. The zero-order valence-electron chi connectivity index (χ0n) is 16.8. The SMILES string of the molecule is COC(=O)c1c(NC(=O)[C@@H]2[C@@H](C(=O)O)[C@H]3C=C[C@@H]2CC3)sc(C)c1-c1ccccc1. The maximum absolute atomic E-state index is 13.2. The number of hydrogen-bond acceptors (Lipinski definition) is 5. The third-order valence-corrected chi connectivity index (χ3v) is 7.13. The molecule has 1 saturated carbocycles. The van der Waals surface area contributed by atoms with Gasteiger partial charge in [-0.15, -0.1) is 11.3 Å². The van der Waals surface area contributed by atoms with Gasteiger partial charge in [-0.25, -0.2) is 4.79 Å². The number of amides is 1. The predicted molar refractivity (Wildman–Crippen MR) is 114 cm³/mol. The number of carboxylic acid groups (broad SMARTS) is 1. The summed E-state index contributed by atoms with van der Waals surface area (Å²) in [4.78, 5) is 38.6. The standard InChI is InChI=1S/C23H23NO5S/c1-12-16(13-6-4-3-5-7-13)19(23(28)29-2)21(30-12)24-20(25)17-14-8-10-15(11-9-14)18(17)22(26)27/h3-8,10,14-15,17-18H,9,11H2,1-2H3,(H,24,25)(H,26,27)/t14-,15+,17+,18+/m1/s1. The molecule has 2 N–H and O–H groups in total. The first kappa shape index (κ1) is 20.3. The summed E-state index contributed by atoms with van der Waals surface area (Å²) in [6, 6.07) is 9.46. The molecule has 1 fully saturated rings. The van der Waals surface area contributed by atoms with Crippen molar-refractivity contribution in [2.75, 3.05) is 12.4 Å². The van der Waals surface area contributed by atoms with Gasteiger partial charge in [-0.05, 0) is 37.2 Å². The van der Waals surface area contributed by atoms with Crippen LogP contribution < -0.4 is 5.32 Å². The van der Waals surface area contributed by atoms with Crippen LogP contribution >= 0.6 is 11.3 Å². The summed E-state index contributed by atoms with van der Waals surface area (Å²) in [5, 5.41) is 13.0. The van der Waals surface area contributed by atoms with Crippen LogP contribution in [0.3, 0.4) is 0 Å². The number of carboxylic acids is 1. The molecule has 6 nitrogen and oxygen atoms in total. The van der Waals surface area contributed by atoms with Crippen molar-refractivity contribution in [1.29, 1.82) is 0 Å². The number of allylic oxidation sites excluding steroid dienone is 2. The Kier molecular flexibility index (Phi) is 5.47. The van der Waals surface area contributed by atoms with Gasteiger partial charge >= 0.3 is 11.9 Å². The Hall–Kier alpha value is -2.93. The zero-order valence-corrected chi connectivity index (χ0v) is 17.6. The fraction of sp³-hybridized carbons (Fsp3) is 0.348. The van der Waals surface area contributed by atoms with Crippen LogP contribution in [0.15, 0.2) is 42.5 Å². The van der Waals surface area contributed by atoms with Crippen molar-refractivity contribution >= 4 is 34.2 Å². The fourth-order valence-corrected chi connectivity index (χ4v) is 5.83. The van der Waals surface area contributed by atoms with Crippen molar-refractivity contribution in [3.05, 3.63) is 52.9 Å². The third kappa shape index (κ3) is 3.43. The van der Waals surface area contributed by atoms with E-state index in [9.17, 15) is 19.5 Å². The van der Waals surface area contributed by atoms with Gasteiger partial charge in [0.05, 0.1) is 18.9 Å². The van der Waals surface area contributed by atoms with E-state index < -0.39 is 23.8 Å². The number of hydrogen-bond donors (Lipinski definition) is 2. The third-order valence-electron chi connectivity index (χ3n) is 6.11. The van der Waals surface area contributed by atoms with Crippen LogP contribution in [0.1, 0.15) is 28.1 Å². The van der Waals surface area contributed by atoms with Crippen LogP contribution in [-0.2, 0) is 14.3 Å². The number of rotatable bonds is 5. The molecule has 1 amide bonds. The Bertz CT molecular complexity index is 1030. The molecule has 3 aliphatic rings. The summed E-state index contributed by atoms with van der Waals surface area (Å²) in [5.41, 5.74) is 1.89. The fourth-order valence-electron chi connectivity index (χ4n) is 4.77. The number of benzene rings is 1. The molecule has 7 heteroatoms. The number of anilines is 1. The molecule has 1 aromatic carbocycles. The van der Waals surface area contributed by atoms with E-state index in [1.807, 2.05) is 49.4 Å². The second-order valence-corrected chi connectivity index (χ2v) is 8.99. The number of fused-ring (bicyclic) bond motifs is 2. The van der Waals surface area contributed by atoms with Gasteiger partial charge in [0, 0.05) is 10.4 Å². The monoisotopic (exact) mass is 425 g/mol. The van der Waals surface area contributed by atoms with E-state index in [1.54, 1.807) is 0 Å². The molecule has 1 heterocycles. The number of esters is 1. The molecule has 3 aliphatic carbocycles. The number of nitrogens with one attached hydrogen (secondary N) is 1. The molecule has 0 spiro atoms. The number of aryl methyl sites for hydroxylation is 1. The van der Waals surface area contributed by atoms with Gasteiger partial charge < -0.3 is 15.2 Å². The maximum Gasteiger partial charge on any atom is 0.341 e. The molecule has 5 rings (SSSR count). The molecular weight excluding hydrogens is 402 g/mol. The largest absolute Gasteiger partial charge is 0.481 e. The average Bonchev–Trinajstić information content (AvgIpc) is 3.09. The van der Waals surface area contributed by atoms with Crippen LogP contribution in [0.5, 0.6) is 0 Å². The number of aliphatic carboxylic acids is 1. The topological polar surface area (TPSA) is 92.7 Å². The summed E-state index contributed by atoms with van der Waals surface area (Å²) in [7, 11) is 1.31. The summed E-state index contributed by atoms with van der Waals surface area (Å²) in [6.07, 6.45) is 5.48. The minimum Gasteiger partial charge on any atom is -0.481 e. The predicted octanol–water partition coefficient (Wildman–Crippen LogP) is 4.36. The summed E-state index contributed by atoms with van der Waals surface area (Å²) >= 11 is 1.30. The Morgan fingerprint density at radius 3 is 2.27 bits per heavy atom. The number of thiophene rings is 1. The van der Waals surface area contributed by atoms with Crippen LogP contribution in [0.4, 0.5) is 5.00 Å². The lowest BCUT2D eigenvalue weighted by atomic mass is 9.62. The quantitative estimate of drug-likeness (QED) is 0.548. The minimum atomic E-state index is -0.949. The van der Waals surface area contributed by atoms with Gasteiger partial charge in [-0.1, -0.05) is 42.5 Å². The van der Waals surface area contributed by atoms with Crippen molar-refractivity contribution < 1.29 is 24.2 Å². The first-order valence-electron chi connectivity index (χ1n) is 9.91. The van der Waals surface area contributed by atoms with Gasteiger partial charge in [0.2, 0.25) is 5.91 Å². The molecule has 1 aromatic heterocycles. The van der Waals surface area contributed by atoms with E-state index in [0.717, 1.165) is 28.8 Å². The van der Waals surface area contributed by atoms with Crippen LogP contribution in [0.25, 0.3) is 11.1 Å². The number of ether oxygens (including phenoxy) is 1. The molecule has 156 valence electrons. The van der Waals surface area contributed by atoms with Gasteiger partial charge in [-0.2, -0.15) is 0 Å². The second-order valence-electron chi connectivity index (χ2n) is 7.76. The highest BCUT2D eigenvalue weighted by atomic mass is 32.1. The van der Waals surface area contributed by atoms with Crippen molar-refractivity contribution in [2.24, 2.45) is 23.7 Å². The Labute approximate surface area is 178 Å². The van der Waals surface area contributed by atoms with Crippen LogP contribution in [-0.4, -0.2) is 30.1 Å². The first-order chi connectivity index (χ1) is 14.4. The molecule has 0 saturated heterocycles. The molecular formula is C23H23NO5S. The van der Waals surface area contributed by atoms with Crippen molar-refractivity contribution in [1.82, 2.24) is 0 Å². The molecule has 0 aliphatic heterocycles. The Morgan fingerprint density at radius 2 is 1.70 bits per heavy atom. The van der Waals surface area contributed by atoms with E-state index in [4.69, 9.17) is 4.74 Å². The minimum absolute atomic E-state index is 0.104. The molecule has 2 bridgehead atoms. The highest BCUT2D eigenvalue weighted by Crippen LogP contribution is 2.46. The van der Waals surface area contributed by atoms with Crippen molar-refractivity contribution in [2.45, 2.75) is 19.8 Å². The lowest BCUT2D eigenvalue weighted by Gasteiger charge is -2.41. The highest BCUT2D eigenvalue weighted by Gasteiger charge is 2.48. The van der Waals surface area contributed by atoms with E-state index in [2.05, 4.69) is 5.32 Å². The van der Waals surface area contributed by atoms with Crippen LogP contribution in [0, 0.1) is 30.6 Å². The van der Waals surface area contributed by atoms with Gasteiger partial charge in [0.1, 0.15) is 10.6 Å². The smallest absolute Gasteiger partial charge is 0.341 e.